The molecule has 0 rings (SSSR count). The van der Waals surface area contributed by atoms with E-state index in [-0.39, 0.29) is 18.5 Å². The molecule has 0 fully saturated rings. The summed E-state index contributed by atoms with van der Waals surface area (Å²) in [4.78, 5) is 24.6. The van der Waals surface area contributed by atoms with Gasteiger partial charge in [-0.3, -0.25) is 9.59 Å². The van der Waals surface area contributed by atoms with Crippen LogP contribution in [0, 0.1) is 0 Å². The molecule has 0 bridgehead atoms. The number of hydrogen-bond acceptors (Lipinski definition) is 5. The molecule has 0 saturated carbocycles. The number of aliphatic hydroxyl groups is 2. The van der Waals surface area contributed by atoms with Crippen LogP contribution in [0.25, 0.3) is 0 Å². The second kappa shape index (κ2) is 58.2. The van der Waals surface area contributed by atoms with Crippen LogP contribution in [-0.4, -0.2) is 47.4 Å². The van der Waals surface area contributed by atoms with E-state index in [1.807, 2.05) is 6.08 Å². The summed E-state index contributed by atoms with van der Waals surface area (Å²) in [5, 5.41) is 23.1. The molecule has 6 nitrogen and oxygen atoms in total. The molecule has 2 unspecified atom stereocenters. The lowest BCUT2D eigenvalue weighted by Crippen LogP contribution is -2.45. The van der Waals surface area contributed by atoms with E-state index in [0.717, 1.165) is 38.5 Å². The molecule has 1 amide bonds. The Morgan fingerprint density at radius 2 is 0.676 bits per heavy atom. The van der Waals surface area contributed by atoms with E-state index < -0.39 is 12.1 Å². The van der Waals surface area contributed by atoms with Gasteiger partial charge in [-0.1, -0.05) is 315 Å². The number of hydrogen-bond donors (Lipinski definition) is 3. The van der Waals surface area contributed by atoms with E-state index in [0.29, 0.717) is 19.4 Å². The van der Waals surface area contributed by atoms with Crippen molar-refractivity contribution >= 4 is 11.9 Å². The molecule has 0 radical (unpaired) electrons. The highest BCUT2D eigenvalue weighted by atomic mass is 16.5. The van der Waals surface area contributed by atoms with Crippen molar-refractivity contribution in [3.8, 4) is 0 Å². The Morgan fingerprint density at radius 3 is 1.00 bits per heavy atom. The number of ether oxygens (including phenoxy) is 1. The van der Waals surface area contributed by atoms with Crippen LogP contribution in [0.1, 0.15) is 348 Å². The summed E-state index contributed by atoms with van der Waals surface area (Å²) in [6.45, 7) is 4.92. The summed E-state index contributed by atoms with van der Waals surface area (Å²) >= 11 is 0. The number of allylic oxidation sites excluding steroid dienone is 1. The number of carbonyl (C=O) groups is 2. The van der Waals surface area contributed by atoms with Crippen molar-refractivity contribution in [2.45, 2.75) is 360 Å². The average molecular weight is 961 g/mol. The Balaban J connectivity index is 3.40. The minimum Gasteiger partial charge on any atom is -0.466 e. The van der Waals surface area contributed by atoms with Gasteiger partial charge in [0.1, 0.15) is 0 Å². The monoisotopic (exact) mass is 960 g/mol. The summed E-state index contributed by atoms with van der Waals surface area (Å²) in [5.74, 6) is -0.0609. The summed E-state index contributed by atoms with van der Waals surface area (Å²) in [7, 11) is 0. The Bertz CT molecular complexity index is 1020. The Labute approximate surface area is 425 Å². The first-order chi connectivity index (χ1) is 33.5. The van der Waals surface area contributed by atoms with Gasteiger partial charge in [-0.15, -0.1) is 0 Å². The highest BCUT2D eigenvalue weighted by Crippen LogP contribution is 2.18. The van der Waals surface area contributed by atoms with E-state index in [1.54, 1.807) is 6.08 Å². The fraction of sp³-hybridized carbons (Fsp3) is 0.935. The zero-order valence-electron chi connectivity index (χ0n) is 46.1. The van der Waals surface area contributed by atoms with E-state index in [9.17, 15) is 19.8 Å². The van der Waals surface area contributed by atoms with E-state index in [1.165, 1.54) is 283 Å². The quantitative estimate of drug-likeness (QED) is 0.0321. The summed E-state index contributed by atoms with van der Waals surface area (Å²) in [5.41, 5.74) is 0. The van der Waals surface area contributed by atoms with E-state index >= 15 is 0 Å². The Morgan fingerprint density at radius 1 is 0.397 bits per heavy atom. The number of unbranched alkanes of at least 4 members (excludes halogenated alkanes) is 47. The summed E-state index contributed by atoms with van der Waals surface area (Å²) in [6, 6.07) is -0.631. The number of esters is 1. The van der Waals surface area contributed by atoms with Gasteiger partial charge in [0, 0.05) is 12.8 Å². The summed E-state index contributed by atoms with van der Waals surface area (Å²) in [6.07, 6.45) is 69.6. The first-order valence-electron chi connectivity index (χ1n) is 31.0. The van der Waals surface area contributed by atoms with Crippen LogP contribution in [0.15, 0.2) is 12.2 Å². The first-order valence-corrected chi connectivity index (χ1v) is 31.0. The van der Waals surface area contributed by atoms with Crippen molar-refractivity contribution in [3.63, 3.8) is 0 Å². The number of amides is 1. The third-order valence-corrected chi connectivity index (χ3v) is 14.6. The van der Waals surface area contributed by atoms with Crippen LogP contribution < -0.4 is 5.32 Å². The zero-order chi connectivity index (χ0) is 49.3. The lowest BCUT2D eigenvalue weighted by atomic mass is 10.0. The second-order valence-electron chi connectivity index (χ2n) is 21.4. The third kappa shape index (κ3) is 53.9. The molecule has 404 valence electrons. The molecule has 3 N–H and O–H groups in total. The largest absolute Gasteiger partial charge is 0.466 e. The normalized spacial score (nSPS) is 12.6. The molecule has 2 atom stereocenters. The van der Waals surface area contributed by atoms with Crippen molar-refractivity contribution in [3.05, 3.63) is 12.2 Å². The van der Waals surface area contributed by atoms with Crippen molar-refractivity contribution in [2.24, 2.45) is 0 Å². The van der Waals surface area contributed by atoms with Gasteiger partial charge in [0.2, 0.25) is 5.91 Å². The molecular weight excluding hydrogens is 839 g/mol. The molecule has 68 heavy (non-hydrogen) atoms. The van der Waals surface area contributed by atoms with Gasteiger partial charge in [0.15, 0.2) is 0 Å². The predicted molar refractivity (Wildman–Crippen MR) is 297 cm³/mol. The van der Waals surface area contributed by atoms with Crippen LogP contribution in [0.5, 0.6) is 0 Å². The van der Waals surface area contributed by atoms with Gasteiger partial charge in [0.05, 0.1) is 25.4 Å². The van der Waals surface area contributed by atoms with E-state index in [4.69, 9.17) is 4.74 Å². The van der Waals surface area contributed by atoms with Crippen LogP contribution in [0.3, 0.4) is 0 Å². The second-order valence-corrected chi connectivity index (χ2v) is 21.4. The maximum absolute atomic E-state index is 12.5. The number of rotatable bonds is 58. The fourth-order valence-corrected chi connectivity index (χ4v) is 9.81. The van der Waals surface area contributed by atoms with Gasteiger partial charge in [0.25, 0.3) is 0 Å². The molecule has 6 heteroatoms. The van der Waals surface area contributed by atoms with E-state index in [2.05, 4.69) is 19.2 Å². The standard InChI is InChI=1S/C62H121NO5/c1-3-5-7-9-11-13-15-17-19-20-21-24-28-32-36-40-44-48-52-56-62(67)68-57-53-49-45-41-37-33-29-25-22-23-27-31-35-39-43-47-51-55-61(66)63-59(58-64)60(65)54-50-46-42-38-34-30-26-18-16-14-12-10-8-6-4-2/h50,54,59-60,64-65H,3-49,51-53,55-58H2,1-2H3,(H,63,66)/b54-50+. The Hall–Kier alpha value is -1.40. The topological polar surface area (TPSA) is 95.9 Å². The summed E-state index contributed by atoms with van der Waals surface area (Å²) < 4.78 is 5.50. The molecule has 0 aliphatic carbocycles. The highest BCUT2D eigenvalue weighted by molar-refractivity contribution is 5.76. The number of aliphatic hydroxyl groups excluding tert-OH is 2. The van der Waals surface area contributed by atoms with Crippen molar-refractivity contribution in [1.29, 1.82) is 0 Å². The lowest BCUT2D eigenvalue weighted by Gasteiger charge is -2.20. The number of nitrogens with one attached hydrogen (secondary N) is 1. The molecule has 0 spiro atoms. The van der Waals surface area contributed by atoms with Crippen LogP contribution in [0.4, 0.5) is 0 Å². The first kappa shape index (κ1) is 66.6. The molecule has 0 aromatic carbocycles. The smallest absolute Gasteiger partial charge is 0.305 e. The van der Waals surface area contributed by atoms with Crippen molar-refractivity contribution in [2.75, 3.05) is 13.2 Å². The predicted octanol–water partition coefficient (Wildman–Crippen LogP) is 19.2. The minimum absolute atomic E-state index is 0.00993. The van der Waals surface area contributed by atoms with Gasteiger partial charge in [-0.2, -0.15) is 0 Å². The zero-order valence-corrected chi connectivity index (χ0v) is 46.1. The maximum Gasteiger partial charge on any atom is 0.305 e. The molecule has 0 heterocycles. The fourth-order valence-electron chi connectivity index (χ4n) is 9.81. The molecule has 0 aliphatic heterocycles. The molecule has 0 aromatic heterocycles. The number of carbonyl (C=O) groups excluding carboxylic acids is 2. The molecule has 0 aliphatic rings. The Kier molecular flexibility index (Phi) is 57.0. The highest BCUT2D eigenvalue weighted by Gasteiger charge is 2.18. The van der Waals surface area contributed by atoms with Gasteiger partial charge in [-0.25, -0.2) is 0 Å². The van der Waals surface area contributed by atoms with Crippen LogP contribution in [-0.2, 0) is 14.3 Å². The average Bonchev–Trinajstić information content (AvgIpc) is 3.34. The van der Waals surface area contributed by atoms with Gasteiger partial charge in [-0.05, 0) is 32.1 Å². The molecule has 0 saturated heterocycles. The van der Waals surface area contributed by atoms with Gasteiger partial charge >= 0.3 is 5.97 Å². The lowest BCUT2D eigenvalue weighted by molar-refractivity contribution is -0.143. The minimum atomic E-state index is -0.847. The van der Waals surface area contributed by atoms with Crippen molar-refractivity contribution < 1.29 is 24.5 Å². The maximum atomic E-state index is 12.5. The molecular formula is C62H121NO5. The van der Waals surface area contributed by atoms with Crippen LogP contribution >= 0.6 is 0 Å². The molecule has 0 aromatic rings. The van der Waals surface area contributed by atoms with Gasteiger partial charge < -0.3 is 20.3 Å². The third-order valence-electron chi connectivity index (χ3n) is 14.6. The van der Waals surface area contributed by atoms with Crippen LogP contribution in [0.2, 0.25) is 0 Å². The van der Waals surface area contributed by atoms with Crippen molar-refractivity contribution in [1.82, 2.24) is 5.32 Å². The SMILES string of the molecule is CCCCCCCCCCCCCCC/C=C/C(O)C(CO)NC(=O)CCCCCCCCCCCCCCCCCCCOC(=O)CCCCCCCCCCCCCCCCCCCCC.